The Bertz CT molecular complexity index is 843. The van der Waals surface area contributed by atoms with Gasteiger partial charge in [0.1, 0.15) is 5.82 Å². The lowest BCUT2D eigenvalue weighted by Gasteiger charge is -2.05. The van der Waals surface area contributed by atoms with Crippen LogP contribution in [0.25, 0.3) is 5.69 Å². The Hall–Kier alpha value is -2.59. The molecule has 3 aromatic rings. The molecule has 0 saturated heterocycles. The van der Waals surface area contributed by atoms with Crippen molar-refractivity contribution in [2.45, 2.75) is 13.3 Å². The third-order valence-electron chi connectivity index (χ3n) is 3.75. The Morgan fingerprint density at radius 2 is 1.83 bits per heavy atom. The number of hydrogen-bond acceptors (Lipinski definition) is 2. The zero-order chi connectivity index (χ0) is 16.9. The molecule has 0 aliphatic rings. The number of halogens is 1. The highest BCUT2D eigenvalue weighted by Crippen LogP contribution is 2.15. The molecule has 1 aromatic heterocycles. The average Bonchev–Trinajstić information content (AvgIpc) is 2.96. The molecule has 0 atom stereocenters. The van der Waals surface area contributed by atoms with Gasteiger partial charge in [0.15, 0.2) is 0 Å². The van der Waals surface area contributed by atoms with Crippen LogP contribution in [0, 0.1) is 6.92 Å². The molecular formula is C19H18ClN3O. The van der Waals surface area contributed by atoms with E-state index in [9.17, 15) is 4.79 Å². The quantitative estimate of drug-likeness (QED) is 0.768. The van der Waals surface area contributed by atoms with Gasteiger partial charge in [0.25, 0.3) is 5.91 Å². The van der Waals surface area contributed by atoms with Crippen LogP contribution in [0.15, 0.2) is 60.8 Å². The lowest BCUT2D eigenvalue weighted by Crippen LogP contribution is -2.26. The SMILES string of the molecule is Cc1nc(CCNC(=O)c2ccccc2Cl)cn1-c1ccccc1. The number of rotatable bonds is 5. The molecule has 2 aromatic carbocycles. The number of benzene rings is 2. The highest BCUT2D eigenvalue weighted by atomic mass is 35.5. The number of carbonyl (C=O) groups is 1. The second-order valence-electron chi connectivity index (χ2n) is 5.47. The van der Waals surface area contributed by atoms with E-state index in [-0.39, 0.29) is 5.91 Å². The number of aromatic nitrogens is 2. The Kier molecular flexibility index (Phi) is 4.96. The van der Waals surface area contributed by atoms with Crippen molar-refractivity contribution < 1.29 is 4.79 Å². The van der Waals surface area contributed by atoms with E-state index in [4.69, 9.17) is 11.6 Å². The number of para-hydroxylation sites is 1. The normalized spacial score (nSPS) is 10.6. The topological polar surface area (TPSA) is 46.9 Å². The van der Waals surface area contributed by atoms with Gasteiger partial charge in [0.2, 0.25) is 0 Å². The molecule has 0 saturated carbocycles. The summed E-state index contributed by atoms with van der Waals surface area (Å²) in [4.78, 5) is 16.7. The minimum Gasteiger partial charge on any atom is -0.352 e. The van der Waals surface area contributed by atoms with E-state index >= 15 is 0 Å². The van der Waals surface area contributed by atoms with Crippen LogP contribution in [0.4, 0.5) is 0 Å². The molecule has 3 rings (SSSR count). The van der Waals surface area contributed by atoms with Gasteiger partial charge in [-0.15, -0.1) is 0 Å². The second-order valence-corrected chi connectivity index (χ2v) is 5.88. The monoisotopic (exact) mass is 339 g/mol. The van der Waals surface area contributed by atoms with Crippen molar-refractivity contribution in [3.05, 3.63) is 82.9 Å². The summed E-state index contributed by atoms with van der Waals surface area (Å²) in [5.41, 5.74) is 2.51. The standard InChI is InChI=1S/C19H18ClN3O/c1-14-22-15(13-23(14)16-7-3-2-4-8-16)11-12-21-19(24)17-9-5-6-10-18(17)20/h2-10,13H,11-12H2,1H3,(H,21,24). The number of nitrogens with one attached hydrogen (secondary N) is 1. The third-order valence-corrected chi connectivity index (χ3v) is 4.08. The van der Waals surface area contributed by atoms with Crippen molar-refractivity contribution in [1.29, 1.82) is 0 Å². The van der Waals surface area contributed by atoms with Crippen LogP contribution < -0.4 is 5.32 Å². The van der Waals surface area contributed by atoms with Gasteiger partial charge in [0.05, 0.1) is 16.3 Å². The van der Waals surface area contributed by atoms with E-state index in [0.717, 1.165) is 17.2 Å². The van der Waals surface area contributed by atoms with E-state index in [2.05, 4.69) is 10.3 Å². The van der Waals surface area contributed by atoms with Crippen molar-refractivity contribution in [2.24, 2.45) is 0 Å². The van der Waals surface area contributed by atoms with E-state index in [1.54, 1.807) is 24.3 Å². The van der Waals surface area contributed by atoms with Crippen LogP contribution in [0.5, 0.6) is 0 Å². The molecule has 0 spiro atoms. The van der Waals surface area contributed by atoms with E-state index in [1.165, 1.54) is 0 Å². The number of imidazole rings is 1. The Labute approximate surface area is 146 Å². The molecule has 1 amide bonds. The van der Waals surface area contributed by atoms with Crippen molar-refractivity contribution in [3.63, 3.8) is 0 Å². The predicted molar refractivity (Wildman–Crippen MR) is 95.8 cm³/mol. The Balaban J connectivity index is 1.62. The van der Waals surface area contributed by atoms with Gasteiger partial charge >= 0.3 is 0 Å². The van der Waals surface area contributed by atoms with E-state index in [1.807, 2.05) is 48.0 Å². The van der Waals surface area contributed by atoms with Gasteiger partial charge in [-0.25, -0.2) is 4.98 Å². The second kappa shape index (κ2) is 7.32. The molecule has 0 radical (unpaired) electrons. The summed E-state index contributed by atoms with van der Waals surface area (Å²) in [6.45, 7) is 2.48. The molecule has 0 unspecified atom stereocenters. The number of carbonyl (C=O) groups excluding carboxylic acids is 1. The molecule has 0 bridgehead atoms. The van der Waals surface area contributed by atoms with Crippen LogP contribution >= 0.6 is 11.6 Å². The van der Waals surface area contributed by atoms with Gasteiger partial charge in [-0.1, -0.05) is 41.9 Å². The first kappa shape index (κ1) is 16.3. The average molecular weight is 340 g/mol. The molecule has 122 valence electrons. The van der Waals surface area contributed by atoms with Gasteiger partial charge in [-0.05, 0) is 31.2 Å². The maximum Gasteiger partial charge on any atom is 0.252 e. The summed E-state index contributed by atoms with van der Waals surface area (Å²) in [5, 5.41) is 3.34. The summed E-state index contributed by atoms with van der Waals surface area (Å²) >= 11 is 6.03. The first-order valence-corrected chi connectivity index (χ1v) is 8.16. The fourth-order valence-electron chi connectivity index (χ4n) is 2.55. The van der Waals surface area contributed by atoms with Crippen LogP contribution in [0.2, 0.25) is 5.02 Å². The Morgan fingerprint density at radius 3 is 2.58 bits per heavy atom. The fraction of sp³-hybridized carbons (Fsp3) is 0.158. The summed E-state index contributed by atoms with van der Waals surface area (Å²) in [6.07, 6.45) is 2.67. The third kappa shape index (κ3) is 3.66. The van der Waals surface area contributed by atoms with Crippen molar-refractivity contribution in [2.75, 3.05) is 6.54 Å². The highest BCUT2D eigenvalue weighted by Gasteiger charge is 2.10. The van der Waals surface area contributed by atoms with Gasteiger partial charge in [-0.2, -0.15) is 0 Å². The smallest absolute Gasteiger partial charge is 0.252 e. The van der Waals surface area contributed by atoms with Crippen LogP contribution in [-0.2, 0) is 6.42 Å². The first-order valence-electron chi connectivity index (χ1n) is 7.78. The molecule has 0 aliphatic heterocycles. The summed E-state index contributed by atoms with van der Waals surface area (Å²) in [7, 11) is 0. The minimum atomic E-state index is -0.167. The largest absolute Gasteiger partial charge is 0.352 e. The molecule has 4 nitrogen and oxygen atoms in total. The lowest BCUT2D eigenvalue weighted by atomic mass is 10.2. The lowest BCUT2D eigenvalue weighted by molar-refractivity contribution is 0.0954. The van der Waals surface area contributed by atoms with Gasteiger partial charge in [0, 0.05) is 24.8 Å². The van der Waals surface area contributed by atoms with Crippen LogP contribution in [0.1, 0.15) is 21.9 Å². The molecule has 1 N–H and O–H groups in total. The molecule has 24 heavy (non-hydrogen) atoms. The number of aryl methyl sites for hydroxylation is 1. The molecule has 0 aliphatic carbocycles. The molecular weight excluding hydrogens is 322 g/mol. The summed E-state index contributed by atoms with van der Waals surface area (Å²) in [5.74, 6) is 0.758. The maximum absolute atomic E-state index is 12.1. The van der Waals surface area contributed by atoms with Crippen molar-refractivity contribution in [1.82, 2.24) is 14.9 Å². The zero-order valence-electron chi connectivity index (χ0n) is 13.4. The first-order chi connectivity index (χ1) is 11.6. The maximum atomic E-state index is 12.1. The molecule has 0 fully saturated rings. The number of hydrogen-bond donors (Lipinski definition) is 1. The molecule has 5 heteroatoms. The van der Waals surface area contributed by atoms with Crippen molar-refractivity contribution in [3.8, 4) is 5.69 Å². The zero-order valence-corrected chi connectivity index (χ0v) is 14.1. The fourth-order valence-corrected chi connectivity index (χ4v) is 2.77. The van der Waals surface area contributed by atoms with Crippen molar-refractivity contribution >= 4 is 17.5 Å². The van der Waals surface area contributed by atoms with E-state index in [0.29, 0.717) is 23.6 Å². The summed E-state index contributed by atoms with van der Waals surface area (Å²) in [6, 6.07) is 17.1. The number of nitrogens with zero attached hydrogens (tertiary/aromatic N) is 2. The highest BCUT2D eigenvalue weighted by molar-refractivity contribution is 6.33. The van der Waals surface area contributed by atoms with Crippen LogP contribution in [-0.4, -0.2) is 22.0 Å². The predicted octanol–water partition coefficient (Wildman–Crippen LogP) is 3.81. The minimum absolute atomic E-state index is 0.167. The van der Waals surface area contributed by atoms with E-state index < -0.39 is 0 Å². The van der Waals surface area contributed by atoms with Crippen LogP contribution in [0.3, 0.4) is 0 Å². The summed E-state index contributed by atoms with van der Waals surface area (Å²) < 4.78 is 2.05. The Morgan fingerprint density at radius 1 is 1.12 bits per heavy atom. The number of amides is 1. The van der Waals surface area contributed by atoms with Gasteiger partial charge in [-0.3, -0.25) is 4.79 Å². The van der Waals surface area contributed by atoms with Gasteiger partial charge < -0.3 is 9.88 Å². The molecule has 1 heterocycles.